The lowest BCUT2D eigenvalue weighted by atomic mass is 9.92. The Morgan fingerprint density at radius 1 is 1.27 bits per heavy atom. The molecule has 2 aliphatic carbocycles. The smallest absolute Gasteiger partial charge is 0.262 e. The summed E-state index contributed by atoms with van der Waals surface area (Å²) in [5, 5.41) is 3.63. The van der Waals surface area contributed by atoms with Crippen LogP contribution in [0.3, 0.4) is 0 Å². The number of rotatable bonds is 7. The third kappa shape index (κ3) is 3.35. The lowest BCUT2D eigenvalue weighted by Crippen LogP contribution is -2.39. The average molecular weight is 449 g/mol. The molecule has 2 heterocycles. The second-order valence-electron chi connectivity index (χ2n) is 8.96. The molecule has 2 aromatic rings. The van der Waals surface area contributed by atoms with Crippen LogP contribution in [0, 0.1) is 23.2 Å². The van der Waals surface area contributed by atoms with Crippen LogP contribution in [0.15, 0.2) is 41.8 Å². The number of carbonyl (C=O) groups excluding carboxylic acids is 1. The van der Waals surface area contributed by atoms with E-state index < -0.39 is 10.0 Å². The lowest BCUT2D eigenvalue weighted by Gasteiger charge is -2.26. The van der Waals surface area contributed by atoms with Crippen LogP contribution in [0.2, 0.25) is 5.02 Å². The van der Waals surface area contributed by atoms with Gasteiger partial charge in [-0.1, -0.05) is 36.6 Å². The Kier molecular flexibility index (Phi) is 4.72. The molecule has 3 aliphatic rings. The molecule has 7 nitrogen and oxygen atoms in total. The number of benzene rings is 1. The predicted molar refractivity (Wildman–Crippen MR) is 113 cm³/mol. The fourth-order valence-corrected chi connectivity index (χ4v) is 6.81. The van der Waals surface area contributed by atoms with Gasteiger partial charge in [-0.2, -0.15) is 4.31 Å². The SMILES string of the molecule is Cn1cnc(S(=O)(=O)N2CC3C(C2)C3(CNC(=O)c2ccccc2Cl)CC2CC2)c1. The maximum Gasteiger partial charge on any atom is 0.262 e. The van der Waals surface area contributed by atoms with E-state index in [-0.39, 0.29) is 28.2 Å². The molecule has 9 heteroatoms. The van der Waals surface area contributed by atoms with Crippen LogP contribution >= 0.6 is 11.6 Å². The van der Waals surface area contributed by atoms with Crippen molar-refractivity contribution >= 4 is 27.5 Å². The molecule has 1 aromatic carbocycles. The van der Waals surface area contributed by atoms with Crippen LogP contribution in [0.5, 0.6) is 0 Å². The van der Waals surface area contributed by atoms with E-state index in [9.17, 15) is 13.2 Å². The van der Waals surface area contributed by atoms with E-state index in [1.807, 2.05) is 0 Å². The summed E-state index contributed by atoms with van der Waals surface area (Å²) in [7, 11) is -1.81. The number of halogens is 1. The fourth-order valence-electron chi connectivity index (χ4n) is 5.13. The van der Waals surface area contributed by atoms with Gasteiger partial charge < -0.3 is 9.88 Å². The number of aromatic nitrogens is 2. The van der Waals surface area contributed by atoms with E-state index in [4.69, 9.17) is 11.6 Å². The van der Waals surface area contributed by atoms with E-state index in [2.05, 4.69) is 10.3 Å². The van der Waals surface area contributed by atoms with Crippen molar-refractivity contribution in [2.24, 2.45) is 30.2 Å². The lowest BCUT2D eigenvalue weighted by molar-refractivity contribution is 0.0937. The Balaban J connectivity index is 1.28. The maximum absolute atomic E-state index is 12.9. The van der Waals surface area contributed by atoms with Gasteiger partial charge in [-0.25, -0.2) is 13.4 Å². The largest absolute Gasteiger partial charge is 0.351 e. The number of aryl methyl sites for hydroxylation is 1. The highest BCUT2D eigenvalue weighted by Crippen LogP contribution is 2.67. The number of hydrogen-bond acceptors (Lipinski definition) is 4. The molecule has 1 saturated heterocycles. The fraction of sp³-hybridized carbons (Fsp3) is 0.524. The number of sulfonamides is 1. The number of imidazole rings is 1. The van der Waals surface area contributed by atoms with Gasteiger partial charge in [-0.05, 0) is 41.7 Å². The maximum atomic E-state index is 12.9. The van der Waals surface area contributed by atoms with Crippen molar-refractivity contribution < 1.29 is 13.2 Å². The summed E-state index contributed by atoms with van der Waals surface area (Å²) >= 11 is 6.16. The zero-order valence-electron chi connectivity index (χ0n) is 16.8. The van der Waals surface area contributed by atoms with E-state index in [0.29, 0.717) is 36.1 Å². The molecular weight excluding hydrogens is 424 g/mol. The summed E-state index contributed by atoms with van der Waals surface area (Å²) in [6.45, 7) is 1.57. The molecule has 2 saturated carbocycles. The van der Waals surface area contributed by atoms with Crippen molar-refractivity contribution in [1.29, 1.82) is 0 Å². The molecule has 0 bridgehead atoms. The van der Waals surface area contributed by atoms with Gasteiger partial charge in [-0.3, -0.25) is 4.79 Å². The first-order valence-corrected chi connectivity index (χ1v) is 12.1. The minimum absolute atomic E-state index is 0.00573. The zero-order valence-corrected chi connectivity index (χ0v) is 18.4. The molecule has 1 aliphatic heterocycles. The van der Waals surface area contributed by atoms with E-state index in [1.165, 1.54) is 19.2 Å². The number of nitrogens with one attached hydrogen (secondary N) is 1. The second kappa shape index (κ2) is 7.07. The quantitative estimate of drug-likeness (QED) is 0.705. The number of amides is 1. The normalized spacial score (nSPS) is 28.3. The average Bonchev–Trinajstić information content (AvgIpc) is 3.47. The molecule has 160 valence electrons. The Labute approximate surface area is 181 Å². The molecule has 0 spiro atoms. The third-order valence-corrected chi connectivity index (χ3v) is 9.05. The van der Waals surface area contributed by atoms with Gasteiger partial charge in [0.25, 0.3) is 15.9 Å². The van der Waals surface area contributed by atoms with Gasteiger partial charge in [-0.15, -0.1) is 0 Å². The molecule has 1 N–H and O–H groups in total. The summed E-state index contributed by atoms with van der Waals surface area (Å²) in [6.07, 6.45) is 6.57. The van der Waals surface area contributed by atoms with Gasteiger partial charge >= 0.3 is 0 Å². The monoisotopic (exact) mass is 448 g/mol. The van der Waals surface area contributed by atoms with Crippen molar-refractivity contribution in [3.8, 4) is 0 Å². The topological polar surface area (TPSA) is 84.3 Å². The molecular formula is C21H25ClN4O3S. The number of fused-ring (bicyclic) bond motifs is 1. The van der Waals surface area contributed by atoms with Crippen molar-refractivity contribution in [2.45, 2.75) is 24.3 Å². The summed E-state index contributed by atoms with van der Waals surface area (Å²) < 4.78 is 29.0. The van der Waals surface area contributed by atoms with E-state index in [1.54, 1.807) is 46.4 Å². The van der Waals surface area contributed by atoms with Crippen molar-refractivity contribution in [2.75, 3.05) is 19.6 Å². The molecule has 30 heavy (non-hydrogen) atoms. The molecule has 2 unspecified atom stereocenters. The van der Waals surface area contributed by atoms with Crippen molar-refractivity contribution in [1.82, 2.24) is 19.2 Å². The second-order valence-corrected chi connectivity index (χ2v) is 11.2. The molecule has 1 aromatic heterocycles. The zero-order chi connectivity index (χ0) is 21.1. The predicted octanol–water partition coefficient (Wildman–Crippen LogP) is 2.54. The van der Waals surface area contributed by atoms with Crippen LogP contribution in [0.25, 0.3) is 0 Å². The Morgan fingerprint density at radius 2 is 1.97 bits per heavy atom. The molecule has 5 rings (SSSR count). The minimum atomic E-state index is -3.57. The first-order valence-electron chi connectivity index (χ1n) is 10.3. The standard InChI is InChI=1S/C21H25ClN4O3S/c1-25-11-19(24-13-25)30(28,29)26-9-16-17(10-26)21(16,8-14-6-7-14)12-23-20(27)15-4-2-3-5-18(15)22/h2-5,11,13-14,16-17H,6-10,12H2,1H3,(H,23,27). The highest BCUT2D eigenvalue weighted by atomic mass is 35.5. The minimum Gasteiger partial charge on any atom is -0.351 e. The molecule has 3 fully saturated rings. The van der Waals surface area contributed by atoms with Gasteiger partial charge in [0.15, 0.2) is 5.03 Å². The molecule has 2 atom stereocenters. The Morgan fingerprint density at radius 3 is 2.57 bits per heavy atom. The number of hydrogen-bond donors (Lipinski definition) is 1. The molecule has 1 amide bonds. The van der Waals surface area contributed by atoms with E-state index in [0.717, 1.165) is 6.42 Å². The Bertz CT molecular complexity index is 1080. The van der Waals surface area contributed by atoms with Crippen LogP contribution < -0.4 is 5.32 Å². The van der Waals surface area contributed by atoms with Crippen LogP contribution in [-0.4, -0.2) is 47.8 Å². The third-order valence-electron chi connectivity index (χ3n) is 7.00. The van der Waals surface area contributed by atoms with Crippen molar-refractivity contribution in [3.05, 3.63) is 47.4 Å². The van der Waals surface area contributed by atoms with Gasteiger partial charge in [0.05, 0.1) is 16.9 Å². The number of piperidine rings is 1. The van der Waals surface area contributed by atoms with Crippen LogP contribution in [0.4, 0.5) is 0 Å². The first kappa shape index (κ1) is 20.0. The summed E-state index contributed by atoms with van der Waals surface area (Å²) in [6, 6.07) is 7.03. The summed E-state index contributed by atoms with van der Waals surface area (Å²) in [4.78, 5) is 16.7. The number of carbonyl (C=O) groups is 1. The van der Waals surface area contributed by atoms with Gasteiger partial charge in [0.1, 0.15) is 0 Å². The summed E-state index contributed by atoms with van der Waals surface area (Å²) in [5.41, 5.74) is 0.472. The van der Waals surface area contributed by atoms with Crippen molar-refractivity contribution in [3.63, 3.8) is 0 Å². The number of nitrogens with zero attached hydrogens (tertiary/aromatic N) is 3. The highest BCUT2D eigenvalue weighted by Gasteiger charge is 2.69. The summed E-state index contributed by atoms with van der Waals surface area (Å²) in [5.74, 6) is 1.10. The van der Waals surface area contributed by atoms with Crippen LogP contribution in [-0.2, 0) is 17.1 Å². The molecule has 0 radical (unpaired) electrons. The van der Waals surface area contributed by atoms with Gasteiger partial charge in [0, 0.05) is 32.9 Å². The first-order chi connectivity index (χ1) is 14.3. The van der Waals surface area contributed by atoms with Gasteiger partial charge in [0.2, 0.25) is 0 Å². The highest BCUT2D eigenvalue weighted by molar-refractivity contribution is 7.89. The van der Waals surface area contributed by atoms with E-state index >= 15 is 0 Å². The Hall–Kier alpha value is -1.90. The van der Waals surface area contributed by atoms with Crippen LogP contribution in [0.1, 0.15) is 29.6 Å².